The fourth-order valence-corrected chi connectivity index (χ4v) is 4.27. The minimum atomic E-state index is -0.869. The number of aromatic nitrogens is 1. The van der Waals surface area contributed by atoms with E-state index in [0.717, 1.165) is 21.6 Å². The summed E-state index contributed by atoms with van der Waals surface area (Å²) in [5.41, 5.74) is 2.37. The fourth-order valence-electron chi connectivity index (χ4n) is 2.97. The Morgan fingerprint density at radius 1 is 1.32 bits per heavy atom. The number of hydrogen-bond donors (Lipinski definition) is 2. The third-order valence-corrected chi connectivity index (χ3v) is 5.73. The summed E-state index contributed by atoms with van der Waals surface area (Å²) in [4.78, 5) is 15.5. The van der Waals surface area contributed by atoms with Gasteiger partial charge in [-0.25, -0.2) is 0 Å². The van der Waals surface area contributed by atoms with E-state index >= 15 is 0 Å². The lowest BCUT2D eigenvalue weighted by atomic mass is 10.2. The molecule has 2 aromatic heterocycles. The quantitative estimate of drug-likeness (QED) is 0.629. The molecular formula is C20H16N2O4S2. The molecule has 0 bridgehead atoms. The van der Waals surface area contributed by atoms with E-state index in [0.29, 0.717) is 27.2 Å². The molecule has 0 saturated heterocycles. The van der Waals surface area contributed by atoms with E-state index in [1.807, 2.05) is 36.4 Å². The third-order valence-electron chi connectivity index (χ3n) is 4.35. The summed E-state index contributed by atoms with van der Waals surface area (Å²) in [6.07, 6.45) is 5.88. The number of carbonyl (C=O) groups is 1. The van der Waals surface area contributed by atoms with Crippen molar-refractivity contribution in [1.29, 1.82) is 0 Å². The molecule has 2 N–H and O–H groups in total. The standard InChI is InChI=1S/C20H16N2O4S2/c23-18(24)2-1-9-22-19(25)17(28-20(22)27)11-14-4-6-16(26-14)13-3-5-15-12(10-13)7-8-21-15/h3-8,10-11,25H,1-2,9H2,(H,23,24). The summed E-state index contributed by atoms with van der Waals surface area (Å²) in [6, 6.07) is 9.64. The highest BCUT2D eigenvalue weighted by atomic mass is 32.1. The number of carboxylic acids is 1. The summed E-state index contributed by atoms with van der Waals surface area (Å²) < 4.78 is 7.96. The number of thiazole rings is 1. The summed E-state index contributed by atoms with van der Waals surface area (Å²) in [6.45, 7) is 0.360. The van der Waals surface area contributed by atoms with Gasteiger partial charge >= 0.3 is 5.97 Å². The molecule has 8 heteroatoms. The van der Waals surface area contributed by atoms with E-state index in [2.05, 4.69) is 4.99 Å². The minimum Gasteiger partial charge on any atom is -0.493 e. The molecule has 0 spiro atoms. The van der Waals surface area contributed by atoms with Gasteiger partial charge in [0.1, 0.15) is 10.8 Å². The van der Waals surface area contributed by atoms with E-state index in [-0.39, 0.29) is 12.3 Å². The molecular weight excluding hydrogens is 396 g/mol. The predicted octanol–water partition coefficient (Wildman–Crippen LogP) is 3.16. The summed E-state index contributed by atoms with van der Waals surface area (Å²) >= 11 is 6.55. The van der Waals surface area contributed by atoms with Gasteiger partial charge in [0.15, 0.2) is 3.95 Å². The Kier molecular flexibility index (Phi) is 4.97. The van der Waals surface area contributed by atoms with Crippen molar-refractivity contribution in [3.05, 3.63) is 72.3 Å². The largest absolute Gasteiger partial charge is 0.493 e. The fraction of sp³-hybridized carbons (Fsp3) is 0.150. The Morgan fingerprint density at radius 3 is 3.00 bits per heavy atom. The van der Waals surface area contributed by atoms with Crippen molar-refractivity contribution in [1.82, 2.24) is 4.57 Å². The van der Waals surface area contributed by atoms with E-state index < -0.39 is 5.97 Å². The molecule has 0 radical (unpaired) electrons. The molecule has 0 fully saturated rings. The maximum Gasteiger partial charge on any atom is 0.303 e. The van der Waals surface area contributed by atoms with Gasteiger partial charge in [0.05, 0.1) is 10.2 Å². The summed E-state index contributed by atoms with van der Waals surface area (Å²) in [5, 5.41) is 21.1. The van der Waals surface area contributed by atoms with Gasteiger partial charge in [0.2, 0.25) is 5.88 Å². The summed E-state index contributed by atoms with van der Waals surface area (Å²) in [5.74, 6) is -0.838. The average molecular weight is 412 g/mol. The van der Waals surface area contributed by atoms with E-state index in [4.69, 9.17) is 21.7 Å². The van der Waals surface area contributed by atoms with Crippen LogP contribution in [0.1, 0.15) is 23.3 Å². The van der Waals surface area contributed by atoms with Crippen LogP contribution in [0.3, 0.4) is 0 Å². The number of aliphatic carboxylic acids is 1. The topological polar surface area (TPSA) is 88.0 Å². The van der Waals surface area contributed by atoms with E-state index in [1.54, 1.807) is 16.8 Å². The van der Waals surface area contributed by atoms with Crippen LogP contribution in [0.4, 0.5) is 0 Å². The molecule has 1 aliphatic heterocycles. The van der Waals surface area contributed by atoms with Gasteiger partial charge in [-0.15, -0.1) is 11.3 Å². The number of hydrogen-bond acceptors (Lipinski definition) is 6. The number of benzene rings is 1. The van der Waals surface area contributed by atoms with Gasteiger partial charge in [0.25, 0.3) is 0 Å². The molecule has 0 amide bonds. The average Bonchev–Trinajstić information content (AvgIpc) is 3.37. The van der Waals surface area contributed by atoms with E-state index in [9.17, 15) is 9.90 Å². The van der Waals surface area contributed by atoms with Crippen molar-refractivity contribution in [3.8, 4) is 5.88 Å². The lowest BCUT2D eigenvalue weighted by molar-refractivity contribution is -0.137. The van der Waals surface area contributed by atoms with E-state index in [1.165, 1.54) is 11.3 Å². The zero-order valence-corrected chi connectivity index (χ0v) is 16.3. The van der Waals surface area contributed by atoms with Crippen molar-refractivity contribution in [2.75, 3.05) is 0 Å². The SMILES string of the molecule is O=C(O)CCCn1c(O)c(C=c2ccc(=c3ccc4c(c3)C=CN=4)o2)sc1=S. The Morgan fingerprint density at radius 2 is 2.18 bits per heavy atom. The Hall–Kier alpha value is -2.97. The first-order valence-corrected chi connectivity index (χ1v) is 9.84. The second kappa shape index (κ2) is 7.57. The van der Waals surface area contributed by atoms with Crippen molar-refractivity contribution in [2.45, 2.75) is 19.4 Å². The number of nitrogens with zero attached hydrogens (tertiary/aromatic N) is 2. The first kappa shape index (κ1) is 18.4. The van der Waals surface area contributed by atoms with Gasteiger partial charge in [-0.2, -0.15) is 0 Å². The smallest absolute Gasteiger partial charge is 0.303 e. The van der Waals surface area contributed by atoms with Crippen molar-refractivity contribution < 1.29 is 19.4 Å². The van der Waals surface area contributed by atoms with Crippen LogP contribution in [0.15, 0.2) is 45.9 Å². The van der Waals surface area contributed by atoms with Gasteiger partial charge in [-0.05, 0) is 55.0 Å². The first-order chi connectivity index (χ1) is 13.5. The molecule has 0 atom stereocenters. The molecule has 0 aliphatic carbocycles. The first-order valence-electron chi connectivity index (χ1n) is 8.62. The summed E-state index contributed by atoms with van der Waals surface area (Å²) in [7, 11) is 0. The van der Waals surface area contributed by atoms with Gasteiger partial charge in [-0.3, -0.25) is 14.4 Å². The van der Waals surface area contributed by atoms with Gasteiger partial charge in [-0.1, -0.05) is 0 Å². The van der Waals surface area contributed by atoms with Crippen LogP contribution in [0.25, 0.3) is 12.2 Å². The van der Waals surface area contributed by atoms with Crippen molar-refractivity contribution >= 4 is 41.7 Å². The Balaban J connectivity index is 1.69. The molecule has 4 rings (SSSR count). The highest BCUT2D eigenvalue weighted by Gasteiger charge is 2.10. The van der Waals surface area contributed by atoms with Crippen LogP contribution in [-0.4, -0.2) is 20.7 Å². The number of furan rings is 1. The van der Waals surface area contributed by atoms with Gasteiger partial charge in [0, 0.05) is 36.0 Å². The second-order valence-corrected chi connectivity index (χ2v) is 7.95. The normalized spacial score (nSPS) is 14.2. The molecule has 0 unspecified atom stereocenters. The van der Waals surface area contributed by atoms with Crippen LogP contribution >= 0.6 is 23.6 Å². The molecule has 1 aromatic carbocycles. The molecule has 3 heterocycles. The lowest BCUT2D eigenvalue weighted by Gasteiger charge is -2.02. The number of fused-ring (bicyclic) bond motifs is 1. The van der Waals surface area contributed by atoms with Crippen LogP contribution in [0.2, 0.25) is 0 Å². The number of carboxylic acid groups (broad SMARTS) is 1. The molecule has 3 aromatic rings. The highest BCUT2D eigenvalue weighted by Crippen LogP contribution is 2.27. The zero-order chi connectivity index (χ0) is 19.7. The predicted molar refractivity (Wildman–Crippen MR) is 108 cm³/mol. The number of rotatable bonds is 5. The molecule has 6 nitrogen and oxygen atoms in total. The Bertz CT molecular complexity index is 1360. The van der Waals surface area contributed by atoms with Crippen LogP contribution < -0.4 is 10.8 Å². The molecule has 0 saturated carbocycles. The molecule has 142 valence electrons. The van der Waals surface area contributed by atoms with Crippen LogP contribution in [0.5, 0.6) is 5.88 Å². The zero-order valence-electron chi connectivity index (χ0n) is 14.7. The van der Waals surface area contributed by atoms with Crippen LogP contribution in [-0.2, 0) is 11.3 Å². The minimum absolute atomic E-state index is 0.0287. The lowest BCUT2D eigenvalue weighted by Crippen LogP contribution is -2.01. The maximum atomic E-state index is 10.7. The number of aromatic hydroxyl groups is 1. The van der Waals surface area contributed by atoms with Crippen LogP contribution in [0, 0.1) is 14.6 Å². The highest BCUT2D eigenvalue weighted by molar-refractivity contribution is 7.73. The van der Waals surface area contributed by atoms with Gasteiger partial charge < -0.3 is 14.6 Å². The molecule has 1 aliphatic rings. The second-order valence-electron chi connectivity index (χ2n) is 6.27. The monoisotopic (exact) mass is 412 g/mol. The maximum absolute atomic E-state index is 10.7. The van der Waals surface area contributed by atoms with Crippen molar-refractivity contribution in [3.63, 3.8) is 0 Å². The van der Waals surface area contributed by atoms with Crippen molar-refractivity contribution in [2.24, 2.45) is 4.99 Å². The Labute approximate surface area is 168 Å². The third kappa shape index (κ3) is 3.69. The molecule has 28 heavy (non-hydrogen) atoms.